The number of amides is 2. The number of benzene rings is 1. The highest BCUT2D eigenvalue weighted by molar-refractivity contribution is 7.16. The Labute approximate surface area is 181 Å². The maximum Gasteiger partial charge on any atom is 0.255 e. The van der Waals surface area contributed by atoms with Gasteiger partial charge in [0.2, 0.25) is 5.75 Å². The Morgan fingerprint density at radius 1 is 1.17 bits per heavy atom. The number of aromatic nitrogens is 1. The minimum Gasteiger partial charge on any atom is -0.493 e. The van der Waals surface area contributed by atoms with Crippen molar-refractivity contribution in [3.8, 4) is 27.8 Å². The number of nitrogens with one attached hydrogen (secondary N) is 1. The van der Waals surface area contributed by atoms with Crippen LogP contribution in [0, 0.1) is 6.92 Å². The molecule has 0 aliphatic carbocycles. The average Bonchev–Trinajstić information content (AvgIpc) is 3.38. The molecule has 0 fully saturated rings. The van der Waals surface area contributed by atoms with Crippen molar-refractivity contribution in [2.45, 2.75) is 13.5 Å². The minimum atomic E-state index is -0.635. The Hall–Kier alpha value is -3.11. The van der Waals surface area contributed by atoms with Gasteiger partial charge in [-0.05, 0) is 31.2 Å². The van der Waals surface area contributed by atoms with Gasteiger partial charge in [0.1, 0.15) is 0 Å². The number of rotatable bonds is 9. The van der Waals surface area contributed by atoms with Crippen LogP contribution >= 0.6 is 22.7 Å². The SMILES string of the molecule is COc1cc(C(=O)NCc2ccc(-c3csc(C)n3)s2)cc(OC)c1OCC(N)=O. The summed E-state index contributed by atoms with van der Waals surface area (Å²) in [5.41, 5.74) is 6.40. The Morgan fingerprint density at radius 2 is 1.87 bits per heavy atom. The smallest absolute Gasteiger partial charge is 0.255 e. The normalized spacial score (nSPS) is 10.5. The van der Waals surface area contributed by atoms with Gasteiger partial charge >= 0.3 is 0 Å². The van der Waals surface area contributed by atoms with Crippen molar-refractivity contribution in [1.82, 2.24) is 10.3 Å². The molecule has 3 rings (SSSR count). The highest BCUT2D eigenvalue weighted by Gasteiger charge is 2.18. The second-order valence-electron chi connectivity index (χ2n) is 6.17. The summed E-state index contributed by atoms with van der Waals surface area (Å²) in [6.45, 7) is 2.00. The molecule has 3 N–H and O–H groups in total. The monoisotopic (exact) mass is 447 g/mol. The number of nitrogens with two attached hydrogens (primary N) is 1. The van der Waals surface area contributed by atoms with E-state index < -0.39 is 5.91 Å². The lowest BCUT2D eigenvalue weighted by molar-refractivity contribution is -0.120. The number of thiazole rings is 1. The third kappa shape index (κ3) is 5.08. The molecule has 3 aromatic rings. The summed E-state index contributed by atoms with van der Waals surface area (Å²) in [6.07, 6.45) is 0. The van der Waals surface area contributed by atoms with E-state index in [1.54, 1.807) is 22.7 Å². The Bertz CT molecular complexity index is 1040. The molecule has 0 aliphatic heterocycles. The molecule has 2 amide bonds. The van der Waals surface area contributed by atoms with Crippen LogP contribution in [0.3, 0.4) is 0 Å². The van der Waals surface area contributed by atoms with Gasteiger partial charge in [0.15, 0.2) is 18.1 Å². The number of hydrogen-bond donors (Lipinski definition) is 2. The first-order valence-electron chi connectivity index (χ1n) is 8.87. The van der Waals surface area contributed by atoms with Crippen LogP contribution in [0.25, 0.3) is 10.6 Å². The van der Waals surface area contributed by atoms with Gasteiger partial charge in [-0.3, -0.25) is 9.59 Å². The van der Waals surface area contributed by atoms with Gasteiger partial charge in [-0.15, -0.1) is 22.7 Å². The number of carbonyl (C=O) groups is 2. The van der Waals surface area contributed by atoms with Gasteiger partial charge < -0.3 is 25.3 Å². The van der Waals surface area contributed by atoms with Crippen LogP contribution in [0.1, 0.15) is 20.2 Å². The summed E-state index contributed by atoms with van der Waals surface area (Å²) in [5, 5.41) is 5.92. The molecule has 0 unspecified atom stereocenters. The predicted octanol–water partition coefficient (Wildman–Crippen LogP) is 2.99. The fourth-order valence-electron chi connectivity index (χ4n) is 2.65. The van der Waals surface area contributed by atoms with E-state index in [0.717, 1.165) is 20.5 Å². The van der Waals surface area contributed by atoms with E-state index in [1.807, 2.05) is 24.4 Å². The zero-order valence-electron chi connectivity index (χ0n) is 16.7. The first-order chi connectivity index (χ1) is 14.4. The minimum absolute atomic E-state index is 0.205. The molecule has 0 saturated carbocycles. The number of primary amides is 1. The Morgan fingerprint density at radius 3 is 2.43 bits per heavy atom. The number of thiophene rings is 1. The van der Waals surface area contributed by atoms with Gasteiger partial charge in [0.05, 0.1) is 36.3 Å². The van der Waals surface area contributed by atoms with Crippen LogP contribution in [0.2, 0.25) is 0 Å². The number of nitrogens with zero attached hydrogens (tertiary/aromatic N) is 1. The molecule has 2 heterocycles. The largest absolute Gasteiger partial charge is 0.493 e. The molecule has 30 heavy (non-hydrogen) atoms. The molecule has 0 radical (unpaired) electrons. The lowest BCUT2D eigenvalue weighted by Gasteiger charge is -2.15. The summed E-state index contributed by atoms with van der Waals surface area (Å²) >= 11 is 3.18. The van der Waals surface area contributed by atoms with Crippen molar-refractivity contribution in [2.24, 2.45) is 5.73 Å². The lowest BCUT2D eigenvalue weighted by atomic mass is 10.1. The van der Waals surface area contributed by atoms with E-state index in [9.17, 15) is 9.59 Å². The summed E-state index contributed by atoms with van der Waals surface area (Å²) in [6, 6.07) is 7.01. The quantitative estimate of drug-likeness (QED) is 0.521. The number of hydrogen-bond acceptors (Lipinski definition) is 8. The number of methoxy groups -OCH3 is 2. The van der Waals surface area contributed by atoms with Crippen molar-refractivity contribution in [2.75, 3.05) is 20.8 Å². The summed E-state index contributed by atoms with van der Waals surface area (Å²) in [7, 11) is 2.86. The van der Waals surface area contributed by atoms with Crippen LogP contribution in [0.4, 0.5) is 0 Å². The van der Waals surface area contributed by atoms with Crippen molar-refractivity contribution in [1.29, 1.82) is 0 Å². The number of carbonyl (C=O) groups excluding carboxylic acids is 2. The molecule has 1 aromatic carbocycles. The van der Waals surface area contributed by atoms with Crippen molar-refractivity contribution in [3.63, 3.8) is 0 Å². The molecule has 8 nitrogen and oxygen atoms in total. The standard InChI is InChI=1S/C20H21N3O5S2/c1-11-23-14(10-29-11)17-5-4-13(30-17)8-22-20(25)12-6-15(26-2)19(16(7-12)27-3)28-9-18(21)24/h4-7,10H,8-9H2,1-3H3,(H2,21,24)(H,22,25). The second-order valence-corrected chi connectivity index (χ2v) is 8.40. The van der Waals surface area contributed by atoms with E-state index in [0.29, 0.717) is 12.1 Å². The van der Waals surface area contributed by atoms with Gasteiger partial charge in [-0.25, -0.2) is 4.98 Å². The van der Waals surface area contributed by atoms with Crippen molar-refractivity contribution < 1.29 is 23.8 Å². The second kappa shape index (κ2) is 9.59. The van der Waals surface area contributed by atoms with Crippen LogP contribution in [-0.4, -0.2) is 37.6 Å². The van der Waals surface area contributed by atoms with Gasteiger partial charge in [0.25, 0.3) is 11.8 Å². The average molecular weight is 448 g/mol. The van der Waals surface area contributed by atoms with Crippen molar-refractivity contribution >= 4 is 34.5 Å². The molecule has 2 aromatic heterocycles. The topological polar surface area (TPSA) is 113 Å². The number of aryl methyl sites for hydroxylation is 1. The van der Waals surface area contributed by atoms with Gasteiger partial charge in [-0.2, -0.15) is 0 Å². The van der Waals surface area contributed by atoms with E-state index in [1.165, 1.54) is 26.4 Å². The third-order valence-corrected chi connectivity index (χ3v) is 5.92. The molecule has 0 aliphatic rings. The lowest BCUT2D eigenvalue weighted by Crippen LogP contribution is -2.23. The van der Waals surface area contributed by atoms with Gasteiger partial charge in [-0.1, -0.05) is 0 Å². The fraction of sp³-hybridized carbons (Fsp3) is 0.250. The molecule has 0 saturated heterocycles. The highest BCUT2D eigenvalue weighted by Crippen LogP contribution is 2.38. The van der Waals surface area contributed by atoms with E-state index in [2.05, 4.69) is 10.3 Å². The van der Waals surface area contributed by atoms with E-state index in [-0.39, 0.29) is 29.8 Å². The Balaban J connectivity index is 1.72. The molecular formula is C20H21N3O5S2. The maximum atomic E-state index is 12.7. The molecule has 10 heteroatoms. The molecule has 158 valence electrons. The Kier molecular flexibility index (Phi) is 6.91. The first-order valence-corrected chi connectivity index (χ1v) is 10.6. The first kappa shape index (κ1) is 21.6. The number of ether oxygens (including phenoxy) is 3. The summed E-state index contributed by atoms with van der Waals surface area (Å²) in [4.78, 5) is 30.2. The zero-order chi connectivity index (χ0) is 21.7. The van der Waals surface area contributed by atoms with Crippen LogP contribution in [0.5, 0.6) is 17.2 Å². The zero-order valence-corrected chi connectivity index (χ0v) is 18.3. The van der Waals surface area contributed by atoms with Crippen LogP contribution in [-0.2, 0) is 11.3 Å². The predicted molar refractivity (Wildman–Crippen MR) is 116 cm³/mol. The molecule has 0 atom stereocenters. The van der Waals surface area contributed by atoms with E-state index >= 15 is 0 Å². The van der Waals surface area contributed by atoms with Crippen LogP contribution in [0.15, 0.2) is 29.6 Å². The molecular weight excluding hydrogens is 426 g/mol. The summed E-state index contributed by atoms with van der Waals surface area (Å²) < 4.78 is 15.9. The third-order valence-electron chi connectivity index (χ3n) is 4.04. The highest BCUT2D eigenvalue weighted by atomic mass is 32.1. The van der Waals surface area contributed by atoms with Crippen LogP contribution < -0.4 is 25.3 Å². The van der Waals surface area contributed by atoms with Gasteiger partial charge in [0, 0.05) is 15.8 Å². The summed E-state index contributed by atoms with van der Waals surface area (Å²) in [5.74, 6) is -0.204. The molecule has 0 bridgehead atoms. The van der Waals surface area contributed by atoms with Crippen molar-refractivity contribution in [3.05, 3.63) is 45.1 Å². The molecule has 0 spiro atoms. The van der Waals surface area contributed by atoms with E-state index in [4.69, 9.17) is 19.9 Å². The fourth-order valence-corrected chi connectivity index (χ4v) is 4.25. The maximum absolute atomic E-state index is 12.7.